The fourth-order valence-electron chi connectivity index (χ4n) is 2.23. The molecule has 120 valence electrons. The molecule has 0 aromatic heterocycles. The van der Waals surface area contributed by atoms with E-state index in [1.807, 2.05) is 6.92 Å². The zero-order valence-corrected chi connectivity index (χ0v) is 13.5. The fraction of sp³-hybridized carbons (Fsp3) is 0.786. The molecular weight excluding hydrogens is 292 g/mol. The maximum Gasteiger partial charge on any atom is 0.321 e. The predicted molar refractivity (Wildman–Crippen MR) is 82.1 cm³/mol. The Bertz CT molecular complexity index is 370. The van der Waals surface area contributed by atoms with Crippen LogP contribution in [0.1, 0.15) is 45.4 Å². The Morgan fingerprint density at radius 1 is 1.24 bits per heavy atom. The predicted octanol–water partition coefficient (Wildman–Crippen LogP) is 1.83. The van der Waals surface area contributed by atoms with Crippen molar-refractivity contribution in [2.24, 2.45) is 0 Å². The first-order valence-electron chi connectivity index (χ1n) is 7.30. The lowest BCUT2D eigenvalue weighted by atomic mass is 9.96. The average molecular weight is 316 g/mol. The van der Waals surface area contributed by atoms with Gasteiger partial charge in [-0.05, 0) is 12.8 Å². The second-order valence-electron chi connectivity index (χ2n) is 5.26. The lowest BCUT2D eigenvalue weighted by Crippen LogP contribution is -2.45. The van der Waals surface area contributed by atoms with Crippen LogP contribution in [-0.4, -0.2) is 42.1 Å². The number of hydrogen-bond donors (Lipinski definition) is 2. The van der Waals surface area contributed by atoms with Crippen molar-refractivity contribution < 1.29 is 19.1 Å². The highest BCUT2D eigenvalue weighted by Gasteiger charge is 2.17. The molecule has 1 aliphatic carbocycles. The molecule has 0 spiro atoms. The molecule has 7 heteroatoms. The quantitative estimate of drug-likeness (QED) is 0.730. The number of methoxy groups -OCH3 is 1. The van der Waals surface area contributed by atoms with Gasteiger partial charge in [0.25, 0.3) is 0 Å². The maximum atomic E-state index is 11.7. The van der Waals surface area contributed by atoms with Gasteiger partial charge in [0.05, 0.1) is 19.3 Å². The second-order valence-corrected chi connectivity index (χ2v) is 6.69. The SMILES string of the molecule is COC(=O)CC(C)SCC(=O)NC(=O)NC1CCCCC1. The maximum absolute atomic E-state index is 11.7. The lowest BCUT2D eigenvalue weighted by Gasteiger charge is -2.22. The number of carbonyl (C=O) groups is 3. The zero-order valence-electron chi connectivity index (χ0n) is 12.6. The summed E-state index contributed by atoms with van der Waals surface area (Å²) >= 11 is 1.32. The van der Waals surface area contributed by atoms with E-state index in [1.54, 1.807) is 0 Å². The molecule has 1 atom stereocenters. The van der Waals surface area contributed by atoms with Crippen molar-refractivity contribution in [3.63, 3.8) is 0 Å². The van der Waals surface area contributed by atoms with Crippen molar-refractivity contribution in [2.75, 3.05) is 12.9 Å². The minimum atomic E-state index is -0.423. The van der Waals surface area contributed by atoms with Gasteiger partial charge in [0, 0.05) is 11.3 Å². The number of urea groups is 1. The average Bonchev–Trinajstić information content (AvgIpc) is 2.46. The van der Waals surface area contributed by atoms with Gasteiger partial charge in [-0.25, -0.2) is 4.79 Å². The van der Waals surface area contributed by atoms with Gasteiger partial charge in [0.2, 0.25) is 5.91 Å². The van der Waals surface area contributed by atoms with Crippen LogP contribution >= 0.6 is 11.8 Å². The van der Waals surface area contributed by atoms with Crippen molar-refractivity contribution in [2.45, 2.75) is 56.7 Å². The molecule has 0 saturated heterocycles. The minimum Gasteiger partial charge on any atom is -0.469 e. The van der Waals surface area contributed by atoms with E-state index in [0.717, 1.165) is 25.7 Å². The van der Waals surface area contributed by atoms with Crippen molar-refractivity contribution in [1.82, 2.24) is 10.6 Å². The molecule has 3 amide bonds. The Morgan fingerprint density at radius 2 is 1.90 bits per heavy atom. The number of hydrogen-bond acceptors (Lipinski definition) is 5. The van der Waals surface area contributed by atoms with Crippen molar-refractivity contribution in [1.29, 1.82) is 0 Å². The highest BCUT2D eigenvalue weighted by Crippen LogP contribution is 2.17. The number of imide groups is 1. The second kappa shape index (κ2) is 9.65. The zero-order chi connectivity index (χ0) is 15.7. The van der Waals surface area contributed by atoms with Crippen molar-refractivity contribution in [3.8, 4) is 0 Å². The van der Waals surface area contributed by atoms with Crippen LogP contribution in [0.4, 0.5) is 4.79 Å². The molecule has 0 bridgehead atoms. The summed E-state index contributed by atoms with van der Waals surface area (Å²) in [7, 11) is 1.34. The van der Waals surface area contributed by atoms with Crippen LogP contribution in [0.2, 0.25) is 0 Å². The Kier molecular flexibility index (Phi) is 8.19. The highest BCUT2D eigenvalue weighted by atomic mass is 32.2. The summed E-state index contributed by atoms with van der Waals surface area (Å²) in [6.07, 6.45) is 5.68. The summed E-state index contributed by atoms with van der Waals surface area (Å²) in [6.45, 7) is 1.84. The summed E-state index contributed by atoms with van der Waals surface area (Å²) in [5.74, 6) is -0.494. The van der Waals surface area contributed by atoms with Gasteiger partial charge in [-0.3, -0.25) is 14.9 Å². The van der Waals surface area contributed by atoms with Gasteiger partial charge in [-0.15, -0.1) is 11.8 Å². The van der Waals surface area contributed by atoms with E-state index in [2.05, 4.69) is 15.4 Å². The molecule has 2 N–H and O–H groups in total. The fourth-order valence-corrected chi connectivity index (χ4v) is 2.99. The lowest BCUT2D eigenvalue weighted by molar-refractivity contribution is -0.140. The highest BCUT2D eigenvalue weighted by molar-refractivity contribution is 8.00. The van der Waals surface area contributed by atoms with E-state index in [9.17, 15) is 14.4 Å². The third kappa shape index (κ3) is 7.94. The van der Waals surface area contributed by atoms with Gasteiger partial charge in [0.1, 0.15) is 0 Å². The number of carbonyl (C=O) groups excluding carboxylic acids is 3. The number of rotatable bonds is 6. The molecule has 0 aliphatic heterocycles. The Morgan fingerprint density at radius 3 is 2.52 bits per heavy atom. The molecule has 1 aliphatic rings. The summed E-state index contributed by atoms with van der Waals surface area (Å²) < 4.78 is 4.56. The van der Waals surface area contributed by atoms with Crippen LogP contribution in [-0.2, 0) is 14.3 Å². The first kappa shape index (κ1) is 17.8. The first-order chi connectivity index (χ1) is 10.0. The standard InChI is InChI=1S/C14H24N2O4S/c1-10(8-13(18)20-2)21-9-12(17)16-14(19)15-11-6-4-3-5-7-11/h10-11H,3-9H2,1-2H3,(H2,15,16,17,19). The van der Waals surface area contributed by atoms with Gasteiger partial charge < -0.3 is 10.1 Å². The van der Waals surface area contributed by atoms with Crippen LogP contribution < -0.4 is 10.6 Å². The van der Waals surface area contributed by atoms with E-state index in [-0.39, 0.29) is 35.3 Å². The van der Waals surface area contributed by atoms with Crippen molar-refractivity contribution >= 4 is 29.7 Å². The third-order valence-corrected chi connectivity index (χ3v) is 4.54. The Hall–Kier alpha value is -1.24. The van der Waals surface area contributed by atoms with E-state index < -0.39 is 6.03 Å². The van der Waals surface area contributed by atoms with Crippen molar-refractivity contribution in [3.05, 3.63) is 0 Å². The monoisotopic (exact) mass is 316 g/mol. The number of esters is 1. The topological polar surface area (TPSA) is 84.5 Å². The largest absolute Gasteiger partial charge is 0.469 e. The van der Waals surface area contributed by atoms with Crippen LogP contribution in [0.15, 0.2) is 0 Å². The van der Waals surface area contributed by atoms with E-state index in [1.165, 1.54) is 25.3 Å². The third-order valence-electron chi connectivity index (χ3n) is 3.37. The summed E-state index contributed by atoms with van der Waals surface area (Å²) in [6, 6.07) is -0.245. The Balaban J connectivity index is 2.17. The molecule has 6 nitrogen and oxygen atoms in total. The van der Waals surface area contributed by atoms with Gasteiger partial charge in [-0.2, -0.15) is 0 Å². The van der Waals surface area contributed by atoms with E-state index >= 15 is 0 Å². The molecule has 0 aromatic rings. The molecule has 0 radical (unpaired) electrons. The minimum absolute atomic E-state index is 0.0235. The normalized spacial score (nSPS) is 16.9. The number of thioether (sulfide) groups is 1. The molecule has 1 unspecified atom stereocenters. The molecule has 0 heterocycles. The molecule has 21 heavy (non-hydrogen) atoms. The Labute approximate surface area is 129 Å². The molecule has 1 fully saturated rings. The van der Waals surface area contributed by atoms with Crippen LogP contribution in [0.5, 0.6) is 0 Å². The molecular formula is C14H24N2O4S. The molecule has 1 rings (SSSR count). The van der Waals surface area contributed by atoms with E-state index in [4.69, 9.17) is 0 Å². The molecule has 0 aromatic carbocycles. The first-order valence-corrected chi connectivity index (χ1v) is 8.35. The van der Waals surface area contributed by atoms with Crippen LogP contribution in [0.25, 0.3) is 0 Å². The number of ether oxygens (including phenoxy) is 1. The van der Waals surface area contributed by atoms with Gasteiger partial charge in [-0.1, -0.05) is 26.2 Å². The van der Waals surface area contributed by atoms with Gasteiger partial charge >= 0.3 is 12.0 Å². The summed E-state index contributed by atoms with van der Waals surface area (Å²) in [4.78, 5) is 34.4. The van der Waals surface area contributed by atoms with Gasteiger partial charge in [0.15, 0.2) is 0 Å². The number of amides is 3. The van der Waals surface area contributed by atoms with Crippen LogP contribution in [0, 0.1) is 0 Å². The number of nitrogens with one attached hydrogen (secondary N) is 2. The molecule has 1 saturated carbocycles. The summed E-state index contributed by atoms with van der Waals surface area (Å²) in [5.41, 5.74) is 0. The van der Waals surface area contributed by atoms with Crippen LogP contribution in [0.3, 0.4) is 0 Å². The van der Waals surface area contributed by atoms with E-state index in [0.29, 0.717) is 0 Å². The summed E-state index contributed by atoms with van der Waals surface area (Å²) in [5, 5.41) is 5.12. The smallest absolute Gasteiger partial charge is 0.321 e.